The summed E-state index contributed by atoms with van der Waals surface area (Å²) in [6, 6.07) is 3.48. The first kappa shape index (κ1) is 14.0. The minimum atomic E-state index is -0.276. The van der Waals surface area contributed by atoms with Gasteiger partial charge in [0.25, 0.3) is 0 Å². The van der Waals surface area contributed by atoms with Gasteiger partial charge in [0.15, 0.2) is 0 Å². The Labute approximate surface area is 135 Å². The summed E-state index contributed by atoms with van der Waals surface area (Å²) in [5, 5.41) is -0.224. The smallest absolute Gasteiger partial charge is 0.139 e. The molecular weight excluding hydrogens is 359 g/mol. The van der Waals surface area contributed by atoms with Crippen LogP contribution in [0.25, 0.3) is 11.0 Å². The molecule has 0 saturated carbocycles. The van der Waals surface area contributed by atoms with E-state index in [1.54, 1.807) is 12.1 Å². The lowest BCUT2D eigenvalue weighted by Gasteiger charge is -2.24. The second-order valence-electron chi connectivity index (χ2n) is 5.89. The maximum Gasteiger partial charge on any atom is 0.139 e. The Balaban J connectivity index is 1.92. The molecule has 3 nitrogen and oxygen atoms in total. The van der Waals surface area contributed by atoms with Gasteiger partial charge in [-0.1, -0.05) is 0 Å². The number of halogens is 3. The van der Waals surface area contributed by atoms with Crippen LogP contribution in [-0.4, -0.2) is 21.8 Å². The van der Waals surface area contributed by atoms with Crippen molar-refractivity contribution in [1.82, 2.24) is 9.55 Å². The normalized spacial score (nSPS) is 29.4. The number of nitrogens with zero attached hydrogens (tertiary/aromatic N) is 2. The fraction of sp³-hybridized carbons (Fsp3) is 0.533. The fourth-order valence-corrected chi connectivity index (χ4v) is 4.11. The van der Waals surface area contributed by atoms with Crippen LogP contribution in [0, 0.1) is 5.82 Å². The maximum absolute atomic E-state index is 14.0. The molecule has 21 heavy (non-hydrogen) atoms. The third kappa shape index (κ3) is 2.13. The van der Waals surface area contributed by atoms with Gasteiger partial charge in [-0.15, -0.1) is 11.6 Å². The van der Waals surface area contributed by atoms with E-state index in [4.69, 9.17) is 16.3 Å². The molecule has 2 aliphatic rings. The third-order valence-corrected chi connectivity index (χ3v) is 5.32. The van der Waals surface area contributed by atoms with Crippen molar-refractivity contribution in [3.63, 3.8) is 0 Å². The maximum atomic E-state index is 14.0. The minimum absolute atomic E-state index is 0.202. The monoisotopic (exact) mass is 372 g/mol. The Morgan fingerprint density at radius 3 is 2.90 bits per heavy atom. The molecule has 6 heteroatoms. The van der Waals surface area contributed by atoms with Crippen LogP contribution in [0.3, 0.4) is 0 Å². The number of benzene rings is 1. The summed E-state index contributed by atoms with van der Waals surface area (Å²) in [5.74, 6) is 0.520. The number of hydrogen-bond donors (Lipinski definition) is 0. The summed E-state index contributed by atoms with van der Waals surface area (Å²) in [6.07, 6.45) is 3.68. The van der Waals surface area contributed by atoms with Crippen molar-refractivity contribution >= 4 is 38.6 Å². The molecule has 2 aromatic rings. The largest absolute Gasteiger partial charge is 0.373 e. The lowest BCUT2D eigenvalue weighted by molar-refractivity contribution is 0.0939. The van der Waals surface area contributed by atoms with E-state index < -0.39 is 0 Å². The van der Waals surface area contributed by atoms with Crippen molar-refractivity contribution in [3.05, 3.63) is 28.2 Å². The van der Waals surface area contributed by atoms with E-state index in [9.17, 15) is 4.39 Å². The van der Waals surface area contributed by atoms with Crippen molar-refractivity contribution in [1.29, 1.82) is 0 Å². The van der Waals surface area contributed by atoms with Crippen LogP contribution < -0.4 is 0 Å². The standard InChI is InChI=1S/C15H15BrClFN2O/c1-7(17)15-19-11-5-9(16)10(18)6-12(11)20(15)13-4-8-2-3-14(13)21-8/h5-8,13-14H,2-4H2,1H3. The number of fused-ring (bicyclic) bond motifs is 3. The molecule has 0 radical (unpaired) electrons. The van der Waals surface area contributed by atoms with Gasteiger partial charge in [0.05, 0.1) is 39.1 Å². The van der Waals surface area contributed by atoms with Crippen LogP contribution in [0.15, 0.2) is 16.6 Å². The molecule has 0 amide bonds. The van der Waals surface area contributed by atoms with E-state index in [1.165, 1.54) is 0 Å². The Kier molecular flexibility index (Phi) is 3.28. The zero-order valence-corrected chi connectivity index (χ0v) is 13.9. The molecule has 4 unspecified atom stereocenters. The van der Waals surface area contributed by atoms with Crippen LogP contribution >= 0.6 is 27.5 Å². The minimum Gasteiger partial charge on any atom is -0.373 e. The van der Waals surface area contributed by atoms with Gasteiger partial charge in [-0.25, -0.2) is 9.37 Å². The van der Waals surface area contributed by atoms with E-state index in [0.717, 1.165) is 36.1 Å². The molecule has 3 heterocycles. The van der Waals surface area contributed by atoms with Gasteiger partial charge in [-0.05, 0) is 48.2 Å². The molecule has 2 aliphatic heterocycles. The lowest BCUT2D eigenvalue weighted by Crippen LogP contribution is -2.23. The summed E-state index contributed by atoms with van der Waals surface area (Å²) < 4.78 is 22.4. The first-order valence-corrected chi connectivity index (χ1v) is 8.44. The Hall–Kier alpha value is -0.650. The SMILES string of the molecule is CC(Cl)c1nc2cc(Br)c(F)cc2n1C1CC2CCC1O2. The number of rotatable bonds is 2. The van der Waals surface area contributed by atoms with Crippen molar-refractivity contribution in [2.24, 2.45) is 0 Å². The molecule has 0 N–H and O–H groups in total. The zero-order chi connectivity index (χ0) is 14.7. The Bertz CT molecular complexity index is 717. The molecule has 2 saturated heterocycles. The number of alkyl halides is 1. The topological polar surface area (TPSA) is 27.1 Å². The lowest BCUT2D eigenvalue weighted by atomic mass is 9.95. The second-order valence-corrected chi connectivity index (χ2v) is 7.40. The van der Waals surface area contributed by atoms with Crippen molar-refractivity contribution < 1.29 is 9.13 Å². The summed E-state index contributed by atoms with van der Waals surface area (Å²) in [6.45, 7) is 1.90. The van der Waals surface area contributed by atoms with E-state index in [2.05, 4.69) is 25.5 Å². The van der Waals surface area contributed by atoms with Crippen LogP contribution in [0.5, 0.6) is 0 Å². The first-order chi connectivity index (χ1) is 10.0. The van der Waals surface area contributed by atoms with Gasteiger partial charge in [0.2, 0.25) is 0 Å². The van der Waals surface area contributed by atoms with Gasteiger partial charge in [-0.3, -0.25) is 0 Å². The van der Waals surface area contributed by atoms with E-state index in [0.29, 0.717) is 10.6 Å². The quantitative estimate of drug-likeness (QED) is 0.712. The highest BCUT2D eigenvalue weighted by Gasteiger charge is 2.43. The van der Waals surface area contributed by atoms with Gasteiger partial charge >= 0.3 is 0 Å². The molecular formula is C15H15BrClFN2O. The number of aromatic nitrogens is 2. The summed E-state index contributed by atoms with van der Waals surface area (Å²) in [4.78, 5) is 4.62. The van der Waals surface area contributed by atoms with Crippen molar-refractivity contribution in [2.75, 3.05) is 0 Å². The highest BCUT2D eigenvalue weighted by molar-refractivity contribution is 9.10. The molecule has 0 spiro atoms. The van der Waals surface area contributed by atoms with Gasteiger partial charge < -0.3 is 9.30 Å². The van der Waals surface area contributed by atoms with E-state index in [-0.39, 0.29) is 23.3 Å². The molecule has 1 aromatic carbocycles. The predicted molar refractivity (Wildman–Crippen MR) is 83.2 cm³/mol. The molecule has 112 valence electrons. The van der Waals surface area contributed by atoms with Gasteiger partial charge in [0.1, 0.15) is 11.6 Å². The number of imidazole rings is 1. The molecule has 4 rings (SSSR count). The van der Waals surface area contributed by atoms with Crippen LogP contribution in [-0.2, 0) is 4.74 Å². The van der Waals surface area contributed by atoms with E-state index in [1.807, 2.05) is 6.92 Å². The van der Waals surface area contributed by atoms with Crippen LogP contribution in [0.2, 0.25) is 0 Å². The van der Waals surface area contributed by atoms with Crippen molar-refractivity contribution in [3.8, 4) is 0 Å². The fourth-order valence-electron chi connectivity index (χ4n) is 3.62. The molecule has 4 atom stereocenters. The molecule has 2 bridgehead atoms. The van der Waals surface area contributed by atoms with Crippen LogP contribution in [0.1, 0.15) is 43.4 Å². The summed E-state index contributed by atoms with van der Waals surface area (Å²) >= 11 is 9.53. The Morgan fingerprint density at radius 2 is 2.29 bits per heavy atom. The highest BCUT2D eigenvalue weighted by Crippen LogP contribution is 2.44. The van der Waals surface area contributed by atoms with Gasteiger partial charge in [-0.2, -0.15) is 0 Å². The second kappa shape index (κ2) is 4.93. The number of hydrogen-bond acceptors (Lipinski definition) is 2. The van der Waals surface area contributed by atoms with E-state index >= 15 is 0 Å². The summed E-state index contributed by atoms with van der Waals surface area (Å²) in [5.41, 5.74) is 1.58. The average molecular weight is 374 g/mol. The average Bonchev–Trinajstić information content (AvgIpc) is 3.12. The molecule has 1 aromatic heterocycles. The van der Waals surface area contributed by atoms with Crippen LogP contribution in [0.4, 0.5) is 4.39 Å². The van der Waals surface area contributed by atoms with Crippen molar-refractivity contribution in [2.45, 2.75) is 49.8 Å². The first-order valence-electron chi connectivity index (χ1n) is 7.21. The zero-order valence-electron chi connectivity index (χ0n) is 11.5. The molecule has 2 fully saturated rings. The summed E-state index contributed by atoms with van der Waals surface area (Å²) in [7, 11) is 0. The van der Waals surface area contributed by atoms with Gasteiger partial charge in [0, 0.05) is 6.07 Å². The third-order valence-electron chi connectivity index (χ3n) is 4.52. The predicted octanol–water partition coefficient (Wildman–Crippen LogP) is 4.73. The Morgan fingerprint density at radius 1 is 1.48 bits per heavy atom. The molecule has 0 aliphatic carbocycles. The highest BCUT2D eigenvalue weighted by atomic mass is 79.9. The number of ether oxygens (including phenoxy) is 1.